The van der Waals surface area contributed by atoms with Gasteiger partial charge in [0.1, 0.15) is 0 Å². The lowest BCUT2D eigenvalue weighted by Gasteiger charge is -2.10. The lowest BCUT2D eigenvalue weighted by atomic mass is 10.1. The first-order chi connectivity index (χ1) is 15.8. The summed E-state index contributed by atoms with van der Waals surface area (Å²) in [5, 5.41) is 21.4. The maximum Gasteiger partial charge on any atom is 0.261 e. The summed E-state index contributed by atoms with van der Waals surface area (Å²) in [7, 11) is -3.76. The SMILES string of the molecule is CCCCc1ccc(NS(=O)(=O)c2ccc(NC(=O)/C=C/c3ccc(O)c(O)c3)cc2)cc1. The Morgan fingerprint density at radius 2 is 1.58 bits per heavy atom. The third-order valence-electron chi connectivity index (χ3n) is 4.88. The number of carbonyl (C=O) groups is 1. The number of carbonyl (C=O) groups excluding carboxylic acids is 1. The Labute approximate surface area is 193 Å². The molecular weight excluding hydrogens is 440 g/mol. The number of sulfonamides is 1. The second-order valence-corrected chi connectivity index (χ2v) is 9.18. The summed E-state index contributed by atoms with van der Waals surface area (Å²) in [5.74, 6) is -0.958. The molecule has 0 fully saturated rings. The van der Waals surface area contributed by atoms with E-state index in [2.05, 4.69) is 17.0 Å². The van der Waals surface area contributed by atoms with Gasteiger partial charge in [0, 0.05) is 17.5 Å². The summed E-state index contributed by atoms with van der Waals surface area (Å²) in [5.41, 5.74) is 2.61. The Kier molecular flexibility index (Phi) is 7.74. The molecule has 1 amide bonds. The molecule has 0 heterocycles. The van der Waals surface area contributed by atoms with E-state index in [0.717, 1.165) is 24.8 Å². The van der Waals surface area contributed by atoms with Crippen molar-refractivity contribution in [2.75, 3.05) is 10.0 Å². The minimum atomic E-state index is -3.76. The van der Waals surface area contributed by atoms with Crippen LogP contribution in [0.3, 0.4) is 0 Å². The van der Waals surface area contributed by atoms with Crippen LogP contribution in [-0.4, -0.2) is 24.5 Å². The molecule has 3 rings (SSSR count). The summed E-state index contributed by atoms with van der Waals surface area (Å²) in [6.45, 7) is 2.13. The van der Waals surface area contributed by atoms with Crippen LogP contribution >= 0.6 is 0 Å². The highest BCUT2D eigenvalue weighted by atomic mass is 32.2. The number of amides is 1. The minimum Gasteiger partial charge on any atom is -0.504 e. The van der Waals surface area contributed by atoms with E-state index in [0.29, 0.717) is 16.9 Å². The van der Waals surface area contributed by atoms with E-state index >= 15 is 0 Å². The van der Waals surface area contributed by atoms with Crippen molar-refractivity contribution in [1.82, 2.24) is 0 Å². The van der Waals surface area contributed by atoms with Crippen molar-refractivity contribution in [1.29, 1.82) is 0 Å². The van der Waals surface area contributed by atoms with Crippen LogP contribution in [0.4, 0.5) is 11.4 Å². The summed E-state index contributed by atoms with van der Waals surface area (Å²) in [6, 6.07) is 17.3. The molecule has 7 nitrogen and oxygen atoms in total. The molecule has 0 unspecified atom stereocenters. The monoisotopic (exact) mass is 466 g/mol. The number of phenolic OH excluding ortho intramolecular Hbond substituents is 2. The first-order valence-electron chi connectivity index (χ1n) is 10.5. The Bertz CT molecular complexity index is 1230. The third-order valence-corrected chi connectivity index (χ3v) is 6.28. The zero-order valence-electron chi connectivity index (χ0n) is 18.2. The number of anilines is 2. The van der Waals surface area contributed by atoms with Gasteiger partial charge in [0.25, 0.3) is 10.0 Å². The van der Waals surface area contributed by atoms with Gasteiger partial charge in [0.05, 0.1) is 4.90 Å². The quantitative estimate of drug-likeness (QED) is 0.265. The molecule has 0 bridgehead atoms. The van der Waals surface area contributed by atoms with Gasteiger partial charge in [0.15, 0.2) is 11.5 Å². The van der Waals surface area contributed by atoms with E-state index in [1.54, 1.807) is 18.2 Å². The molecule has 172 valence electrons. The number of hydrogen-bond donors (Lipinski definition) is 4. The predicted molar refractivity (Wildman–Crippen MR) is 130 cm³/mol. The van der Waals surface area contributed by atoms with Crippen LogP contribution in [0.2, 0.25) is 0 Å². The van der Waals surface area contributed by atoms with Crippen LogP contribution in [0.25, 0.3) is 6.08 Å². The Morgan fingerprint density at radius 1 is 0.909 bits per heavy atom. The highest BCUT2D eigenvalue weighted by Crippen LogP contribution is 2.25. The van der Waals surface area contributed by atoms with E-state index in [1.807, 2.05) is 12.1 Å². The van der Waals surface area contributed by atoms with Gasteiger partial charge >= 0.3 is 0 Å². The molecular formula is C25H26N2O5S. The maximum atomic E-state index is 12.7. The Hall–Kier alpha value is -3.78. The third kappa shape index (κ3) is 6.85. The second-order valence-electron chi connectivity index (χ2n) is 7.50. The lowest BCUT2D eigenvalue weighted by molar-refractivity contribution is -0.111. The van der Waals surface area contributed by atoms with Crippen molar-refractivity contribution in [3.63, 3.8) is 0 Å². The van der Waals surface area contributed by atoms with Gasteiger partial charge in [-0.25, -0.2) is 8.42 Å². The summed E-state index contributed by atoms with van der Waals surface area (Å²) < 4.78 is 27.9. The number of nitrogens with one attached hydrogen (secondary N) is 2. The molecule has 33 heavy (non-hydrogen) atoms. The number of aryl methyl sites for hydroxylation is 1. The molecule has 3 aromatic rings. The summed E-state index contributed by atoms with van der Waals surface area (Å²) >= 11 is 0. The van der Waals surface area contributed by atoms with Crippen LogP contribution in [0.15, 0.2) is 77.7 Å². The van der Waals surface area contributed by atoms with Crippen molar-refractivity contribution in [2.24, 2.45) is 0 Å². The fourth-order valence-corrected chi connectivity index (χ4v) is 4.11. The Balaban J connectivity index is 1.60. The summed E-state index contributed by atoms with van der Waals surface area (Å²) in [4.78, 5) is 12.2. The summed E-state index contributed by atoms with van der Waals surface area (Å²) in [6.07, 6.45) is 5.89. The average Bonchev–Trinajstić information content (AvgIpc) is 2.79. The van der Waals surface area contributed by atoms with Crippen molar-refractivity contribution >= 4 is 33.4 Å². The molecule has 8 heteroatoms. The van der Waals surface area contributed by atoms with Gasteiger partial charge in [-0.15, -0.1) is 0 Å². The molecule has 3 aromatic carbocycles. The van der Waals surface area contributed by atoms with Crippen LogP contribution in [0, 0.1) is 0 Å². The lowest BCUT2D eigenvalue weighted by Crippen LogP contribution is -2.13. The highest BCUT2D eigenvalue weighted by molar-refractivity contribution is 7.92. The van der Waals surface area contributed by atoms with Crippen molar-refractivity contribution in [2.45, 2.75) is 31.1 Å². The molecule has 0 saturated heterocycles. The second kappa shape index (κ2) is 10.7. The Morgan fingerprint density at radius 3 is 2.21 bits per heavy atom. The van der Waals surface area contributed by atoms with Crippen molar-refractivity contribution < 1.29 is 23.4 Å². The molecule has 0 atom stereocenters. The standard InChI is InChI=1S/C25H26N2O5S/c1-2-3-4-18-5-9-21(10-6-18)27-33(31,32)22-13-11-20(12-14-22)26-25(30)16-8-19-7-15-23(28)24(29)17-19/h5-17,27-29H,2-4H2,1H3,(H,26,30)/b16-8+. The molecule has 0 spiro atoms. The first-order valence-corrected chi connectivity index (χ1v) is 12.0. The maximum absolute atomic E-state index is 12.7. The fourth-order valence-electron chi connectivity index (χ4n) is 3.05. The molecule has 0 aromatic heterocycles. The van der Waals surface area contributed by atoms with Crippen molar-refractivity contribution in [3.8, 4) is 11.5 Å². The number of hydrogen-bond acceptors (Lipinski definition) is 5. The number of aromatic hydroxyl groups is 2. The molecule has 4 N–H and O–H groups in total. The number of rotatable bonds is 9. The number of unbranched alkanes of at least 4 members (excludes halogenated alkanes) is 1. The molecule has 0 radical (unpaired) electrons. The molecule has 0 aliphatic rings. The molecule has 0 aliphatic heterocycles. The van der Waals surface area contributed by atoms with Gasteiger partial charge in [0.2, 0.25) is 5.91 Å². The van der Waals surface area contributed by atoms with Gasteiger partial charge in [-0.2, -0.15) is 0 Å². The normalized spacial score (nSPS) is 11.4. The fraction of sp³-hybridized carbons (Fsp3) is 0.160. The first kappa shape index (κ1) is 23.9. The van der Waals surface area contributed by atoms with E-state index in [9.17, 15) is 23.4 Å². The van der Waals surface area contributed by atoms with Crippen LogP contribution in [0.5, 0.6) is 11.5 Å². The van der Waals surface area contributed by atoms with Crippen LogP contribution in [-0.2, 0) is 21.2 Å². The highest BCUT2D eigenvalue weighted by Gasteiger charge is 2.14. The zero-order chi connectivity index (χ0) is 23.8. The van der Waals surface area contributed by atoms with Crippen molar-refractivity contribution in [3.05, 3.63) is 83.9 Å². The van der Waals surface area contributed by atoms with Crippen LogP contribution < -0.4 is 10.0 Å². The number of phenols is 2. The zero-order valence-corrected chi connectivity index (χ0v) is 19.0. The molecule has 0 saturated carbocycles. The largest absolute Gasteiger partial charge is 0.504 e. The van der Waals surface area contributed by atoms with Crippen LogP contribution in [0.1, 0.15) is 30.9 Å². The smallest absolute Gasteiger partial charge is 0.261 e. The van der Waals surface area contributed by atoms with Gasteiger partial charge in [-0.1, -0.05) is 31.5 Å². The average molecular weight is 467 g/mol. The minimum absolute atomic E-state index is 0.0747. The van der Waals surface area contributed by atoms with Gasteiger partial charge < -0.3 is 15.5 Å². The molecule has 0 aliphatic carbocycles. The topological polar surface area (TPSA) is 116 Å². The van der Waals surface area contributed by atoms with E-state index in [-0.39, 0.29) is 16.4 Å². The van der Waals surface area contributed by atoms with E-state index in [4.69, 9.17) is 0 Å². The van der Waals surface area contributed by atoms with Gasteiger partial charge in [-0.3, -0.25) is 9.52 Å². The van der Waals surface area contributed by atoms with E-state index < -0.39 is 15.9 Å². The predicted octanol–water partition coefficient (Wildman–Crippen LogP) is 4.89. The van der Waals surface area contributed by atoms with E-state index in [1.165, 1.54) is 48.6 Å². The van der Waals surface area contributed by atoms with Gasteiger partial charge in [-0.05, 0) is 78.6 Å². The number of benzene rings is 3.